The topological polar surface area (TPSA) is 23.5 Å². The van der Waals surface area contributed by atoms with Gasteiger partial charge in [0.05, 0.1) is 6.61 Å². The van der Waals surface area contributed by atoms with Crippen LogP contribution in [0.5, 0.6) is 0 Å². The summed E-state index contributed by atoms with van der Waals surface area (Å²) in [6, 6.07) is 10.7. The molecule has 2 nitrogen and oxygen atoms in total. The predicted octanol–water partition coefficient (Wildman–Crippen LogP) is 2.28. The van der Waals surface area contributed by atoms with Crippen molar-refractivity contribution in [3.05, 3.63) is 35.9 Å². The zero-order valence-corrected chi connectivity index (χ0v) is 9.69. The van der Waals surface area contributed by atoms with Crippen molar-refractivity contribution in [2.24, 2.45) is 0 Å². The molecular formula is C13H21NO. The van der Waals surface area contributed by atoms with Crippen molar-refractivity contribution in [2.75, 3.05) is 13.2 Å². The molecule has 1 aromatic rings. The van der Waals surface area contributed by atoms with Crippen LogP contribution in [-0.2, 0) is 6.54 Å². The average Bonchev–Trinajstić information content (AvgIpc) is 2.30. The average molecular weight is 207 g/mol. The maximum atomic E-state index is 9.26. The van der Waals surface area contributed by atoms with Gasteiger partial charge in [-0.15, -0.1) is 0 Å². The first kappa shape index (κ1) is 12.2. The van der Waals surface area contributed by atoms with Crippen LogP contribution in [0, 0.1) is 0 Å². The van der Waals surface area contributed by atoms with Gasteiger partial charge in [-0.05, 0) is 18.5 Å². The second-order valence-corrected chi connectivity index (χ2v) is 3.79. The van der Waals surface area contributed by atoms with Crippen molar-refractivity contribution in [3.8, 4) is 0 Å². The Labute approximate surface area is 92.5 Å². The van der Waals surface area contributed by atoms with E-state index in [0.717, 1.165) is 19.5 Å². The summed E-state index contributed by atoms with van der Waals surface area (Å²) in [5.41, 5.74) is 1.31. The molecule has 0 saturated heterocycles. The van der Waals surface area contributed by atoms with E-state index >= 15 is 0 Å². The van der Waals surface area contributed by atoms with E-state index in [0.29, 0.717) is 0 Å². The number of benzene rings is 1. The van der Waals surface area contributed by atoms with Crippen LogP contribution in [0.2, 0.25) is 0 Å². The van der Waals surface area contributed by atoms with Crippen LogP contribution >= 0.6 is 0 Å². The summed E-state index contributed by atoms with van der Waals surface area (Å²) in [6.07, 6.45) is 0.997. The van der Waals surface area contributed by atoms with E-state index in [4.69, 9.17) is 0 Å². The van der Waals surface area contributed by atoms with Gasteiger partial charge in [-0.1, -0.05) is 44.2 Å². The lowest BCUT2D eigenvalue weighted by molar-refractivity contribution is 0.118. The Morgan fingerprint density at radius 3 is 2.33 bits per heavy atom. The molecule has 0 radical (unpaired) electrons. The van der Waals surface area contributed by atoms with Gasteiger partial charge in [-0.3, -0.25) is 4.90 Å². The molecule has 0 spiro atoms. The van der Waals surface area contributed by atoms with Gasteiger partial charge < -0.3 is 5.11 Å². The molecule has 1 unspecified atom stereocenters. The van der Waals surface area contributed by atoms with Crippen molar-refractivity contribution < 1.29 is 5.11 Å². The lowest BCUT2D eigenvalue weighted by Crippen LogP contribution is -2.36. The largest absolute Gasteiger partial charge is 0.395 e. The van der Waals surface area contributed by atoms with Gasteiger partial charge in [-0.25, -0.2) is 0 Å². The molecule has 84 valence electrons. The maximum absolute atomic E-state index is 9.26. The Bertz CT molecular complexity index is 256. The zero-order valence-electron chi connectivity index (χ0n) is 9.69. The van der Waals surface area contributed by atoms with Crippen LogP contribution in [0.15, 0.2) is 30.3 Å². The van der Waals surface area contributed by atoms with Crippen molar-refractivity contribution in [1.82, 2.24) is 4.90 Å². The number of nitrogens with zero attached hydrogens (tertiary/aromatic N) is 1. The third-order valence-electron chi connectivity index (χ3n) is 2.83. The smallest absolute Gasteiger partial charge is 0.0586 e. The van der Waals surface area contributed by atoms with E-state index < -0.39 is 0 Å². The zero-order chi connectivity index (χ0) is 11.1. The molecule has 0 aliphatic rings. The molecule has 2 heteroatoms. The quantitative estimate of drug-likeness (QED) is 0.773. The molecule has 0 bridgehead atoms. The van der Waals surface area contributed by atoms with Gasteiger partial charge in [0.2, 0.25) is 0 Å². The first-order chi connectivity index (χ1) is 7.31. The first-order valence-electron chi connectivity index (χ1n) is 5.70. The minimum Gasteiger partial charge on any atom is -0.395 e. The number of rotatable bonds is 6. The number of hydrogen-bond acceptors (Lipinski definition) is 2. The van der Waals surface area contributed by atoms with Gasteiger partial charge in [0.15, 0.2) is 0 Å². The fourth-order valence-electron chi connectivity index (χ4n) is 1.82. The molecule has 0 aromatic heterocycles. The third-order valence-corrected chi connectivity index (χ3v) is 2.83. The summed E-state index contributed by atoms with van der Waals surface area (Å²) < 4.78 is 0. The van der Waals surface area contributed by atoms with Crippen LogP contribution in [-0.4, -0.2) is 29.2 Å². The first-order valence-corrected chi connectivity index (χ1v) is 5.70. The molecule has 0 aliphatic carbocycles. The van der Waals surface area contributed by atoms with Gasteiger partial charge in [-0.2, -0.15) is 0 Å². The Morgan fingerprint density at radius 1 is 1.20 bits per heavy atom. The Morgan fingerprint density at radius 2 is 1.87 bits per heavy atom. The highest BCUT2D eigenvalue weighted by Gasteiger charge is 2.13. The number of likely N-dealkylation sites (N-methyl/N-ethyl adjacent to an activating group) is 1. The van der Waals surface area contributed by atoms with E-state index in [1.165, 1.54) is 5.56 Å². The highest BCUT2D eigenvalue weighted by molar-refractivity contribution is 5.14. The summed E-state index contributed by atoms with van der Waals surface area (Å²) in [5, 5.41) is 9.26. The predicted molar refractivity (Wildman–Crippen MR) is 63.7 cm³/mol. The molecule has 1 atom stereocenters. The van der Waals surface area contributed by atoms with Crippen LogP contribution in [0.1, 0.15) is 25.8 Å². The molecule has 15 heavy (non-hydrogen) atoms. The Kier molecular flexibility index (Phi) is 5.37. The Hall–Kier alpha value is -0.860. The van der Waals surface area contributed by atoms with E-state index in [2.05, 4.69) is 43.0 Å². The van der Waals surface area contributed by atoms with E-state index in [9.17, 15) is 5.11 Å². The van der Waals surface area contributed by atoms with E-state index in [1.807, 2.05) is 6.07 Å². The minimum atomic E-state index is 0.247. The van der Waals surface area contributed by atoms with Gasteiger partial charge in [0, 0.05) is 12.6 Å². The standard InChI is InChI=1S/C13H21NO/c1-3-13(11-15)14(4-2)10-12-8-6-5-7-9-12/h5-9,13,15H,3-4,10-11H2,1-2H3. The highest BCUT2D eigenvalue weighted by Crippen LogP contribution is 2.09. The van der Waals surface area contributed by atoms with Crippen LogP contribution in [0.3, 0.4) is 0 Å². The van der Waals surface area contributed by atoms with Crippen molar-refractivity contribution in [2.45, 2.75) is 32.9 Å². The van der Waals surface area contributed by atoms with Gasteiger partial charge >= 0.3 is 0 Å². The lowest BCUT2D eigenvalue weighted by atomic mass is 10.1. The highest BCUT2D eigenvalue weighted by atomic mass is 16.3. The monoisotopic (exact) mass is 207 g/mol. The molecular weight excluding hydrogens is 186 g/mol. The summed E-state index contributed by atoms with van der Waals surface area (Å²) in [6.45, 7) is 6.41. The normalized spacial score (nSPS) is 13.1. The van der Waals surface area contributed by atoms with Crippen molar-refractivity contribution in [1.29, 1.82) is 0 Å². The van der Waals surface area contributed by atoms with Crippen molar-refractivity contribution in [3.63, 3.8) is 0 Å². The second-order valence-electron chi connectivity index (χ2n) is 3.79. The SMILES string of the molecule is CCC(CO)N(CC)Cc1ccccc1. The molecule has 0 amide bonds. The molecule has 1 aromatic carbocycles. The van der Waals surface area contributed by atoms with Crippen LogP contribution in [0.25, 0.3) is 0 Å². The fraction of sp³-hybridized carbons (Fsp3) is 0.538. The van der Waals surface area contributed by atoms with Gasteiger partial charge in [0.25, 0.3) is 0 Å². The molecule has 0 aliphatic heterocycles. The minimum absolute atomic E-state index is 0.247. The summed E-state index contributed by atoms with van der Waals surface area (Å²) >= 11 is 0. The molecule has 0 saturated carbocycles. The third kappa shape index (κ3) is 3.65. The lowest BCUT2D eigenvalue weighted by Gasteiger charge is -2.28. The van der Waals surface area contributed by atoms with E-state index in [1.54, 1.807) is 0 Å². The number of aliphatic hydroxyl groups is 1. The van der Waals surface area contributed by atoms with Crippen LogP contribution in [0.4, 0.5) is 0 Å². The molecule has 0 fully saturated rings. The summed E-state index contributed by atoms with van der Waals surface area (Å²) in [4.78, 5) is 2.31. The van der Waals surface area contributed by atoms with Crippen molar-refractivity contribution >= 4 is 0 Å². The fourth-order valence-corrected chi connectivity index (χ4v) is 1.82. The molecule has 1 N–H and O–H groups in total. The molecule has 0 heterocycles. The second kappa shape index (κ2) is 6.59. The summed E-state index contributed by atoms with van der Waals surface area (Å²) in [5.74, 6) is 0. The van der Waals surface area contributed by atoms with Crippen LogP contribution < -0.4 is 0 Å². The number of aliphatic hydroxyl groups excluding tert-OH is 1. The molecule has 1 rings (SSSR count). The number of hydrogen-bond donors (Lipinski definition) is 1. The Balaban J connectivity index is 2.61. The van der Waals surface area contributed by atoms with E-state index in [-0.39, 0.29) is 12.6 Å². The maximum Gasteiger partial charge on any atom is 0.0586 e. The summed E-state index contributed by atoms with van der Waals surface area (Å²) in [7, 11) is 0. The van der Waals surface area contributed by atoms with Gasteiger partial charge in [0.1, 0.15) is 0 Å².